The number of hydrogen-bond donors (Lipinski definition) is 1. The predicted octanol–water partition coefficient (Wildman–Crippen LogP) is 2.38. The number of nitrogens with one attached hydrogen (secondary N) is 1. The highest BCUT2D eigenvalue weighted by molar-refractivity contribution is 7.80. The summed E-state index contributed by atoms with van der Waals surface area (Å²) in [5.74, 6) is 0.582. The van der Waals surface area contributed by atoms with Gasteiger partial charge in [-0.15, -0.1) is 0 Å². The van der Waals surface area contributed by atoms with Crippen LogP contribution in [0, 0.1) is 10.1 Å². The number of hydrogen-bond acceptors (Lipinski definition) is 5. The summed E-state index contributed by atoms with van der Waals surface area (Å²) in [7, 11) is 0. The van der Waals surface area contributed by atoms with Gasteiger partial charge in [0.25, 0.3) is 5.69 Å². The third-order valence-corrected chi connectivity index (χ3v) is 3.02. The van der Waals surface area contributed by atoms with Gasteiger partial charge in [-0.05, 0) is 18.2 Å². The molecular formula is C13H11N2O5S-. The summed E-state index contributed by atoms with van der Waals surface area (Å²) in [5, 5.41) is 10.8. The molecule has 1 N–H and O–H groups in total. The smallest absolute Gasteiger partial charge is 0.269 e. The third kappa shape index (κ3) is 4.26. The SMILES string of the molecule is O=[N+]([O-])c1ccc(NS(=O)[O-])c(COc2ccccc2)c1. The molecule has 0 bridgehead atoms. The largest absolute Gasteiger partial charge is 0.755 e. The minimum absolute atomic E-state index is 0.00519. The molecule has 7 nitrogen and oxygen atoms in total. The van der Waals surface area contributed by atoms with Crippen LogP contribution in [0.4, 0.5) is 11.4 Å². The fourth-order valence-electron chi connectivity index (χ4n) is 1.68. The van der Waals surface area contributed by atoms with E-state index in [-0.39, 0.29) is 18.0 Å². The average molecular weight is 307 g/mol. The summed E-state index contributed by atoms with van der Waals surface area (Å²) in [4.78, 5) is 10.2. The molecule has 2 rings (SSSR count). The number of rotatable bonds is 6. The van der Waals surface area contributed by atoms with Crippen LogP contribution >= 0.6 is 0 Å². The number of ether oxygens (including phenoxy) is 1. The molecule has 1 unspecified atom stereocenters. The van der Waals surface area contributed by atoms with E-state index in [1.54, 1.807) is 24.3 Å². The van der Waals surface area contributed by atoms with E-state index in [0.717, 1.165) is 0 Å². The molecule has 0 heterocycles. The van der Waals surface area contributed by atoms with Gasteiger partial charge < -0.3 is 14.0 Å². The Kier molecular flexibility index (Phi) is 4.85. The lowest BCUT2D eigenvalue weighted by Crippen LogP contribution is -2.07. The molecule has 110 valence electrons. The molecule has 0 saturated heterocycles. The van der Waals surface area contributed by atoms with Crippen LogP contribution in [0.1, 0.15) is 5.56 Å². The molecule has 0 spiro atoms. The highest BCUT2D eigenvalue weighted by Crippen LogP contribution is 2.24. The number of nitrogens with zero attached hydrogens (tertiary/aromatic N) is 1. The molecule has 0 amide bonds. The van der Waals surface area contributed by atoms with Crippen molar-refractivity contribution in [1.29, 1.82) is 0 Å². The molecule has 2 aromatic rings. The van der Waals surface area contributed by atoms with Crippen LogP contribution in [0.2, 0.25) is 0 Å². The maximum Gasteiger partial charge on any atom is 0.269 e. The highest BCUT2D eigenvalue weighted by Gasteiger charge is 2.11. The molecule has 0 aromatic heterocycles. The van der Waals surface area contributed by atoms with Gasteiger partial charge in [-0.1, -0.05) is 18.2 Å². The molecule has 0 fully saturated rings. The predicted molar refractivity (Wildman–Crippen MR) is 76.4 cm³/mol. The second kappa shape index (κ2) is 6.82. The van der Waals surface area contributed by atoms with Crippen molar-refractivity contribution < 1.29 is 18.4 Å². The Labute approximate surface area is 123 Å². The first kappa shape index (κ1) is 14.9. The van der Waals surface area contributed by atoms with Crippen molar-refractivity contribution >= 4 is 22.6 Å². The Hall–Kier alpha value is -2.45. The van der Waals surface area contributed by atoms with Crippen molar-refractivity contribution in [3.8, 4) is 5.75 Å². The van der Waals surface area contributed by atoms with Gasteiger partial charge >= 0.3 is 0 Å². The van der Waals surface area contributed by atoms with Gasteiger partial charge in [0.15, 0.2) is 0 Å². The fraction of sp³-hybridized carbons (Fsp3) is 0.0769. The third-order valence-electron chi connectivity index (χ3n) is 2.63. The van der Waals surface area contributed by atoms with E-state index in [4.69, 9.17) is 4.74 Å². The summed E-state index contributed by atoms with van der Waals surface area (Å²) in [5.41, 5.74) is 0.478. The van der Waals surface area contributed by atoms with Crippen LogP contribution in [0.25, 0.3) is 0 Å². The Morgan fingerprint density at radius 2 is 1.90 bits per heavy atom. The second-order valence-corrected chi connectivity index (χ2v) is 4.71. The standard InChI is InChI=1S/C13H12N2O5S/c16-15(17)11-6-7-13(14-21(18)19)10(8-11)9-20-12-4-2-1-3-5-12/h1-8,14H,9H2,(H,18,19)/p-1. The van der Waals surface area contributed by atoms with Gasteiger partial charge in [-0.25, -0.2) is 0 Å². The average Bonchev–Trinajstić information content (AvgIpc) is 2.46. The number of nitro groups is 1. The van der Waals surface area contributed by atoms with Crippen LogP contribution in [-0.2, 0) is 17.9 Å². The van der Waals surface area contributed by atoms with Crippen molar-refractivity contribution in [2.45, 2.75) is 6.61 Å². The highest BCUT2D eigenvalue weighted by atomic mass is 32.2. The van der Waals surface area contributed by atoms with Crippen molar-refractivity contribution in [3.63, 3.8) is 0 Å². The summed E-state index contributed by atoms with van der Waals surface area (Å²) < 4.78 is 29.1. The maximum atomic E-state index is 10.8. The van der Waals surface area contributed by atoms with Gasteiger partial charge in [0.2, 0.25) is 0 Å². The van der Waals surface area contributed by atoms with Crippen LogP contribution in [0.15, 0.2) is 48.5 Å². The first-order valence-electron chi connectivity index (χ1n) is 5.87. The van der Waals surface area contributed by atoms with Gasteiger partial charge in [0.1, 0.15) is 12.4 Å². The summed E-state index contributed by atoms with van der Waals surface area (Å²) in [6.45, 7) is 0.00519. The summed E-state index contributed by atoms with van der Waals surface area (Å²) >= 11 is -2.52. The lowest BCUT2D eigenvalue weighted by Gasteiger charge is -2.14. The molecule has 0 aliphatic rings. The van der Waals surface area contributed by atoms with Crippen LogP contribution in [0.5, 0.6) is 5.75 Å². The Morgan fingerprint density at radius 1 is 1.19 bits per heavy atom. The van der Waals surface area contributed by atoms with Gasteiger partial charge in [0, 0.05) is 29.0 Å². The van der Waals surface area contributed by atoms with E-state index in [0.29, 0.717) is 11.3 Å². The van der Waals surface area contributed by atoms with E-state index in [1.807, 2.05) is 6.07 Å². The topological polar surface area (TPSA) is 105 Å². The van der Waals surface area contributed by atoms with Crippen molar-refractivity contribution in [2.24, 2.45) is 0 Å². The number of non-ortho nitro benzene ring substituents is 1. The number of nitro benzene ring substituents is 1. The summed E-state index contributed by atoms with van der Waals surface area (Å²) in [6, 6.07) is 12.7. The molecule has 0 aliphatic heterocycles. The molecule has 0 radical (unpaired) electrons. The Bertz CT molecular complexity index is 663. The second-order valence-electron chi connectivity index (χ2n) is 4.04. The lowest BCUT2D eigenvalue weighted by molar-refractivity contribution is -0.384. The molecule has 21 heavy (non-hydrogen) atoms. The molecule has 2 aromatic carbocycles. The molecular weight excluding hydrogens is 296 g/mol. The lowest BCUT2D eigenvalue weighted by atomic mass is 10.1. The van der Waals surface area contributed by atoms with E-state index in [1.165, 1.54) is 18.2 Å². The van der Waals surface area contributed by atoms with E-state index in [9.17, 15) is 18.9 Å². The van der Waals surface area contributed by atoms with E-state index in [2.05, 4.69) is 4.72 Å². The summed E-state index contributed by atoms with van der Waals surface area (Å²) in [6.07, 6.45) is 0. The van der Waals surface area contributed by atoms with Gasteiger partial charge in [-0.2, -0.15) is 0 Å². The van der Waals surface area contributed by atoms with E-state index >= 15 is 0 Å². The van der Waals surface area contributed by atoms with Crippen LogP contribution in [-0.4, -0.2) is 13.7 Å². The van der Waals surface area contributed by atoms with Crippen LogP contribution < -0.4 is 9.46 Å². The van der Waals surface area contributed by atoms with Crippen molar-refractivity contribution in [2.75, 3.05) is 4.72 Å². The minimum Gasteiger partial charge on any atom is -0.755 e. The zero-order valence-corrected chi connectivity index (χ0v) is 11.5. The quantitative estimate of drug-likeness (QED) is 0.501. The molecule has 0 saturated carbocycles. The minimum atomic E-state index is -2.52. The first-order valence-corrected chi connectivity index (χ1v) is 6.95. The Morgan fingerprint density at radius 3 is 2.52 bits per heavy atom. The van der Waals surface area contributed by atoms with Gasteiger partial charge in [0.05, 0.1) is 10.6 Å². The molecule has 0 aliphatic carbocycles. The number of para-hydroxylation sites is 1. The van der Waals surface area contributed by atoms with Gasteiger partial charge in [-0.3, -0.25) is 14.3 Å². The first-order chi connectivity index (χ1) is 10.1. The van der Waals surface area contributed by atoms with Crippen molar-refractivity contribution in [3.05, 3.63) is 64.2 Å². The number of anilines is 1. The monoisotopic (exact) mass is 307 g/mol. The fourth-order valence-corrected chi connectivity index (χ4v) is 2.06. The van der Waals surface area contributed by atoms with Crippen molar-refractivity contribution in [1.82, 2.24) is 0 Å². The van der Waals surface area contributed by atoms with E-state index < -0.39 is 16.2 Å². The zero-order valence-electron chi connectivity index (χ0n) is 10.7. The number of benzene rings is 2. The molecule has 1 atom stereocenters. The molecule has 8 heteroatoms. The Balaban J connectivity index is 2.23. The maximum absolute atomic E-state index is 10.8. The zero-order chi connectivity index (χ0) is 15.2. The normalized spacial score (nSPS) is 11.7. The van der Waals surface area contributed by atoms with Crippen LogP contribution in [0.3, 0.4) is 0 Å².